The highest BCUT2D eigenvalue weighted by Crippen LogP contribution is 2.43. The molecule has 0 bridgehead atoms. The first-order valence-electron chi connectivity index (χ1n) is 9.08. The molecule has 5 nitrogen and oxygen atoms in total. The van der Waals surface area contributed by atoms with E-state index in [1.165, 1.54) is 31.2 Å². The van der Waals surface area contributed by atoms with Crippen LogP contribution in [0.25, 0.3) is 0 Å². The molecule has 1 N–H and O–H groups in total. The fraction of sp³-hybridized carbons (Fsp3) is 0.500. The van der Waals surface area contributed by atoms with Gasteiger partial charge in [0, 0.05) is 37.7 Å². The van der Waals surface area contributed by atoms with Gasteiger partial charge in [-0.3, -0.25) is 9.48 Å². The average Bonchev–Trinajstić information content (AvgIpc) is 3.24. The quantitative estimate of drug-likeness (QED) is 0.788. The molecule has 2 atom stereocenters. The van der Waals surface area contributed by atoms with Crippen LogP contribution in [-0.2, 0) is 13.5 Å². The molecule has 5 heteroatoms. The summed E-state index contributed by atoms with van der Waals surface area (Å²) in [6, 6.07) is 7.35. The van der Waals surface area contributed by atoms with Crippen molar-refractivity contribution in [1.29, 1.82) is 0 Å². The lowest BCUT2D eigenvalue weighted by Crippen LogP contribution is -2.37. The molecule has 1 aromatic carbocycles. The molecular weight excluding hydrogens is 314 g/mol. The molecule has 2 aliphatic carbocycles. The molecule has 1 aromatic heterocycles. The molecule has 25 heavy (non-hydrogen) atoms. The molecule has 4 rings (SSSR count). The minimum atomic E-state index is 0.0795. The third-order valence-electron chi connectivity index (χ3n) is 5.42. The summed E-state index contributed by atoms with van der Waals surface area (Å²) in [4.78, 5) is 12.8. The van der Waals surface area contributed by atoms with Crippen molar-refractivity contribution in [3.8, 4) is 5.75 Å². The molecule has 2 aromatic rings. The Morgan fingerprint density at radius 2 is 2.24 bits per heavy atom. The minimum Gasteiger partial charge on any atom is -0.496 e. The number of benzene rings is 1. The number of aryl methyl sites for hydroxylation is 1. The van der Waals surface area contributed by atoms with E-state index in [0.29, 0.717) is 35.7 Å². The smallest absolute Gasteiger partial charge is 0.171 e. The molecule has 0 saturated heterocycles. The third-order valence-corrected chi connectivity index (χ3v) is 5.42. The maximum atomic E-state index is 12.8. The number of nitrogens with zero attached hydrogens (tertiary/aromatic N) is 2. The van der Waals surface area contributed by atoms with Crippen molar-refractivity contribution in [3.05, 3.63) is 47.3 Å². The summed E-state index contributed by atoms with van der Waals surface area (Å²) < 4.78 is 7.14. The molecule has 2 aliphatic rings. The zero-order valence-electron chi connectivity index (χ0n) is 14.9. The van der Waals surface area contributed by atoms with Gasteiger partial charge in [-0.05, 0) is 42.5 Å². The van der Waals surface area contributed by atoms with Gasteiger partial charge in [0.2, 0.25) is 0 Å². The molecule has 2 fully saturated rings. The van der Waals surface area contributed by atoms with Gasteiger partial charge in [0.05, 0.1) is 18.9 Å². The van der Waals surface area contributed by atoms with Gasteiger partial charge in [-0.15, -0.1) is 0 Å². The number of Topliss-reactive ketones (excluding diaryl/α,β-unsaturated/α-hetero) is 1. The second kappa shape index (κ2) is 6.64. The fourth-order valence-electron chi connectivity index (χ4n) is 3.64. The molecule has 1 heterocycles. The van der Waals surface area contributed by atoms with Crippen LogP contribution >= 0.6 is 0 Å². The van der Waals surface area contributed by atoms with Crippen molar-refractivity contribution in [3.63, 3.8) is 0 Å². The Kier molecular flexibility index (Phi) is 4.34. The number of hydrogen-bond donors (Lipinski definition) is 1. The van der Waals surface area contributed by atoms with Gasteiger partial charge >= 0.3 is 0 Å². The third kappa shape index (κ3) is 3.47. The second-order valence-electron chi connectivity index (χ2n) is 7.33. The molecule has 0 aliphatic heterocycles. The van der Waals surface area contributed by atoms with Crippen molar-refractivity contribution in [1.82, 2.24) is 15.1 Å². The Morgan fingerprint density at radius 1 is 1.40 bits per heavy atom. The number of aromatic nitrogens is 2. The van der Waals surface area contributed by atoms with Gasteiger partial charge in [-0.1, -0.05) is 12.5 Å². The Bertz CT molecular complexity index is 779. The van der Waals surface area contributed by atoms with Crippen LogP contribution in [0.1, 0.15) is 53.1 Å². The molecule has 2 unspecified atom stereocenters. The lowest BCUT2D eigenvalue weighted by atomic mass is 9.93. The molecular formula is C20H25N3O2. The van der Waals surface area contributed by atoms with E-state index in [4.69, 9.17) is 4.74 Å². The van der Waals surface area contributed by atoms with Crippen LogP contribution in [0.3, 0.4) is 0 Å². The predicted octanol–water partition coefficient (Wildman–Crippen LogP) is 2.85. The molecule has 0 amide bonds. The first-order valence-corrected chi connectivity index (χ1v) is 9.08. The second-order valence-corrected chi connectivity index (χ2v) is 7.33. The van der Waals surface area contributed by atoms with Crippen LogP contribution in [0.2, 0.25) is 0 Å². The SMILES string of the molecule is COc1ccc(C2CC2NC2CCC2)cc1C(=O)Cc1cnn(C)c1. The van der Waals surface area contributed by atoms with Gasteiger partial charge in [-0.25, -0.2) is 0 Å². The Labute approximate surface area is 148 Å². The number of ether oxygens (including phenoxy) is 1. The maximum absolute atomic E-state index is 12.8. The predicted molar refractivity (Wildman–Crippen MR) is 96.2 cm³/mol. The van der Waals surface area contributed by atoms with Crippen LogP contribution in [0.15, 0.2) is 30.6 Å². The van der Waals surface area contributed by atoms with Crippen LogP contribution in [0, 0.1) is 0 Å². The van der Waals surface area contributed by atoms with Crippen molar-refractivity contribution in [2.75, 3.05) is 7.11 Å². The zero-order valence-corrected chi connectivity index (χ0v) is 14.9. The summed E-state index contributed by atoms with van der Waals surface area (Å²) in [5, 5.41) is 7.87. The summed E-state index contributed by atoms with van der Waals surface area (Å²) in [5.41, 5.74) is 2.85. The van der Waals surface area contributed by atoms with E-state index in [-0.39, 0.29) is 5.78 Å². The summed E-state index contributed by atoms with van der Waals surface area (Å²) in [6.07, 6.45) is 9.11. The highest BCUT2D eigenvalue weighted by atomic mass is 16.5. The van der Waals surface area contributed by atoms with Crippen molar-refractivity contribution >= 4 is 5.78 Å². The van der Waals surface area contributed by atoms with Gasteiger partial charge < -0.3 is 10.1 Å². The molecule has 0 radical (unpaired) electrons. The maximum Gasteiger partial charge on any atom is 0.171 e. The van der Waals surface area contributed by atoms with E-state index < -0.39 is 0 Å². The largest absolute Gasteiger partial charge is 0.496 e. The van der Waals surface area contributed by atoms with E-state index in [2.05, 4.69) is 16.5 Å². The first kappa shape index (κ1) is 16.3. The lowest BCUT2D eigenvalue weighted by Gasteiger charge is -2.26. The van der Waals surface area contributed by atoms with Gasteiger partial charge in [-0.2, -0.15) is 5.10 Å². The lowest BCUT2D eigenvalue weighted by molar-refractivity contribution is 0.0990. The monoisotopic (exact) mass is 339 g/mol. The first-order chi connectivity index (χ1) is 12.1. The standard InChI is InChI=1S/C20H25N3O2/c1-23-12-13(11-21-23)8-19(24)17-9-14(6-7-20(17)25-2)16-10-18(16)22-15-4-3-5-15/h6-7,9,11-12,15-16,18,22H,3-5,8,10H2,1-2H3. The highest BCUT2D eigenvalue weighted by molar-refractivity contribution is 6.00. The number of rotatable bonds is 7. The Morgan fingerprint density at radius 3 is 2.88 bits per heavy atom. The number of ketones is 1. The van der Waals surface area contributed by atoms with Gasteiger partial charge in [0.25, 0.3) is 0 Å². The van der Waals surface area contributed by atoms with Crippen LogP contribution in [0.5, 0.6) is 5.75 Å². The van der Waals surface area contributed by atoms with Gasteiger partial charge in [0.15, 0.2) is 5.78 Å². The van der Waals surface area contributed by atoms with Crippen LogP contribution in [0.4, 0.5) is 0 Å². The number of hydrogen-bond acceptors (Lipinski definition) is 4. The van der Waals surface area contributed by atoms with Crippen molar-refractivity contribution in [2.24, 2.45) is 7.05 Å². The average molecular weight is 339 g/mol. The fourth-order valence-corrected chi connectivity index (χ4v) is 3.64. The van der Waals surface area contributed by atoms with E-state index in [0.717, 1.165) is 5.56 Å². The number of methoxy groups -OCH3 is 1. The summed E-state index contributed by atoms with van der Waals surface area (Å²) in [5.74, 6) is 1.26. The Hall–Kier alpha value is -2.14. The van der Waals surface area contributed by atoms with Crippen LogP contribution in [-0.4, -0.2) is 34.8 Å². The number of carbonyl (C=O) groups is 1. The minimum absolute atomic E-state index is 0.0795. The van der Waals surface area contributed by atoms with Crippen molar-refractivity contribution < 1.29 is 9.53 Å². The van der Waals surface area contributed by atoms with E-state index in [1.807, 2.05) is 25.4 Å². The molecule has 2 saturated carbocycles. The summed E-state index contributed by atoms with van der Waals surface area (Å²) >= 11 is 0. The number of carbonyl (C=O) groups excluding carboxylic acids is 1. The van der Waals surface area contributed by atoms with E-state index in [1.54, 1.807) is 18.0 Å². The summed E-state index contributed by atoms with van der Waals surface area (Å²) in [6.45, 7) is 0. The van der Waals surface area contributed by atoms with E-state index in [9.17, 15) is 4.79 Å². The topological polar surface area (TPSA) is 56.1 Å². The Balaban J connectivity index is 1.49. The molecule has 132 valence electrons. The summed E-state index contributed by atoms with van der Waals surface area (Å²) in [7, 11) is 3.48. The van der Waals surface area contributed by atoms with Crippen molar-refractivity contribution in [2.45, 2.75) is 50.1 Å². The zero-order chi connectivity index (χ0) is 17.4. The van der Waals surface area contributed by atoms with Gasteiger partial charge in [0.1, 0.15) is 5.75 Å². The normalized spacial score (nSPS) is 22.5. The van der Waals surface area contributed by atoms with Crippen LogP contribution < -0.4 is 10.1 Å². The highest BCUT2D eigenvalue weighted by Gasteiger charge is 2.40. The number of nitrogens with one attached hydrogen (secondary N) is 1. The van der Waals surface area contributed by atoms with E-state index >= 15 is 0 Å². The molecule has 0 spiro atoms.